The van der Waals surface area contributed by atoms with Gasteiger partial charge in [0.25, 0.3) is 0 Å². The van der Waals surface area contributed by atoms with E-state index in [1.54, 1.807) is 12.1 Å². The highest BCUT2D eigenvalue weighted by Gasteiger charge is 2.16. The van der Waals surface area contributed by atoms with Gasteiger partial charge in [-0.05, 0) is 34.1 Å². The second-order valence-corrected chi connectivity index (χ2v) is 5.57. The molecule has 16 heavy (non-hydrogen) atoms. The summed E-state index contributed by atoms with van der Waals surface area (Å²) in [6.45, 7) is 0.466. The summed E-state index contributed by atoms with van der Waals surface area (Å²) in [5, 5.41) is 0. The molecule has 0 spiro atoms. The van der Waals surface area contributed by atoms with E-state index in [1.165, 1.54) is 13.2 Å². The van der Waals surface area contributed by atoms with Gasteiger partial charge >= 0.3 is 0 Å². The molecular weight excluding hydrogens is 296 g/mol. The fourth-order valence-corrected chi connectivity index (χ4v) is 3.20. The second-order valence-electron chi connectivity index (χ2n) is 2.98. The standard InChI is InChI=1S/C9H13BrN2O3S/c1-15-7-2-3-9(8(10)6-7)16(13,14)12-5-4-11/h2-3,6,12H,4-5,11H2,1H3. The Morgan fingerprint density at radius 3 is 2.69 bits per heavy atom. The van der Waals surface area contributed by atoms with E-state index >= 15 is 0 Å². The third-order valence-electron chi connectivity index (χ3n) is 1.86. The van der Waals surface area contributed by atoms with Crippen LogP contribution in [0.4, 0.5) is 0 Å². The van der Waals surface area contributed by atoms with Crippen molar-refractivity contribution < 1.29 is 13.2 Å². The number of benzene rings is 1. The summed E-state index contributed by atoms with van der Waals surface area (Å²) in [6, 6.07) is 4.65. The van der Waals surface area contributed by atoms with Crippen LogP contribution in [0.1, 0.15) is 0 Å². The molecule has 0 radical (unpaired) electrons. The molecule has 0 aliphatic heterocycles. The highest BCUT2D eigenvalue weighted by Crippen LogP contribution is 2.26. The zero-order valence-electron chi connectivity index (χ0n) is 8.73. The predicted molar refractivity (Wildman–Crippen MR) is 64.9 cm³/mol. The lowest BCUT2D eigenvalue weighted by Crippen LogP contribution is -2.29. The molecule has 3 N–H and O–H groups in total. The minimum atomic E-state index is -3.51. The molecular formula is C9H13BrN2O3S. The largest absolute Gasteiger partial charge is 0.497 e. The van der Waals surface area contributed by atoms with Gasteiger partial charge in [-0.3, -0.25) is 0 Å². The van der Waals surface area contributed by atoms with Crippen LogP contribution >= 0.6 is 15.9 Å². The smallest absolute Gasteiger partial charge is 0.241 e. The summed E-state index contributed by atoms with van der Waals surface area (Å²) in [5.74, 6) is 0.588. The number of nitrogens with one attached hydrogen (secondary N) is 1. The van der Waals surface area contributed by atoms with E-state index in [-0.39, 0.29) is 18.0 Å². The van der Waals surface area contributed by atoms with Crippen molar-refractivity contribution in [3.8, 4) is 5.75 Å². The lowest BCUT2D eigenvalue weighted by molar-refractivity contribution is 0.414. The average molecular weight is 309 g/mol. The summed E-state index contributed by atoms with van der Waals surface area (Å²) < 4.78 is 31.4. The van der Waals surface area contributed by atoms with E-state index in [0.717, 1.165) is 0 Å². The first-order valence-electron chi connectivity index (χ1n) is 4.54. The highest BCUT2D eigenvalue weighted by atomic mass is 79.9. The highest BCUT2D eigenvalue weighted by molar-refractivity contribution is 9.10. The summed E-state index contributed by atoms with van der Waals surface area (Å²) >= 11 is 3.19. The van der Waals surface area contributed by atoms with Crippen LogP contribution in [0.5, 0.6) is 5.75 Å². The number of methoxy groups -OCH3 is 1. The fourth-order valence-electron chi connectivity index (χ4n) is 1.10. The Hall–Kier alpha value is -0.630. The van der Waals surface area contributed by atoms with Gasteiger partial charge in [-0.1, -0.05) is 0 Å². The van der Waals surface area contributed by atoms with Crippen LogP contribution in [0.25, 0.3) is 0 Å². The number of rotatable bonds is 5. The molecule has 0 bridgehead atoms. The molecule has 1 aromatic rings. The Balaban J connectivity index is 3.04. The van der Waals surface area contributed by atoms with Gasteiger partial charge in [-0.25, -0.2) is 13.1 Å². The van der Waals surface area contributed by atoms with Crippen LogP contribution in [-0.4, -0.2) is 28.6 Å². The van der Waals surface area contributed by atoms with Crippen LogP contribution in [0.15, 0.2) is 27.6 Å². The topological polar surface area (TPSA) is 81.4 Å². The maximum atomic E-state index is 11.8. The Morgan fingerprint density at radius 2 is 2.19 bits per heavy atom. The molecule has 90 valence electrons. The zero-order chi connectivity index (χ0) is 12.2. The van der Waals surface area contributed by atoms with Gasteiger partial charge in [0.1, 0.15) is 5.75 Å². The number of hydrogen-bond acceptors (Lipinski definition) is 4. The van der Waals surface area contributed by atoms with Gasteiger partial charge in [0, 0.05) is 17.6 Å². The number of ether oxygens (including phenoxy) is 1. The lowest BCUT2D eigenvalue weighted by Gasteiger charge is -2.08. The van der Waals surface area contributed by atoms with E-state index in [4.69, 9.17) is 10.5 Å². The maximum Gasteiger partial charge on any atom is 0.241 e. The van der Waals surface area contributed by atoms with E-state index in [2.05, 4.69) is 20.7 Å². The maximum absolute atomic E-state index is 11.8. The SMILES string of the molecule is COc1ccc(S(=O)(=O)NCCN)c(Br)c1. The molecule has 0 atom stereocenters. The van der Waals surface area contributed by atoms with Gasteiger partial charge in [-0.2, -0.15) is 0 Å². The summed E-state index contributed by atoms with van der Waals surface area (Å²) in [7, 11) is -1.99. The van der Waals surface area contributed by atoms with Crippen LogP contribution in [0.3, 0.4) is 0 Å². The molecule has 0 saturated heterocycles. The van der Waals surface area contributed by atoms with Crippen molar-refractivity contribution in [3.05, 3.63) is 22.7 Å². The first-order chi connectivity index (χ1) is 7.51. The van der Waals surface area contributed by atoms with E-state index in [9.17, 15) is 8.42 Å². The third-order valence-corrected chi connectivity index (χ3v) is 4.30. The van der Waals surface area contributed by atoms with Crippen molar-refractivity contribution in [1.82, 2.24) is 4.72 Å². The van der Waals surface area contributed by atoms with Gasteiger partial charge < -0.3 is 10.5 Å². The fraction of sp³-hybridized carbons (Fsp3) is 0.333. The lowest BCUT2D eigenvalue weighted by atomic mass is 10.3. The molecule has 1 aromatic carbocycles. The molecule has 0 fully saturated rings. The first-order valence-corrected chi connectivity index (χ1v) is 6.82. The van der Waals surface area contributed by atoms with Crippen LogP contribution in [0.2, 0.25) is 0 Å². The second kappa shape index (κ2) is 5.62. The monoisotopic (exact) mass is 308 g/mol. The Kier molecular flexibility index (Phi) is 4.72. The number of halogens is 1. The van der Waals surface area contributed by atoms with E-state index in [0.29, 0.717) is 10.2 Å². The van der Waals surface area contributed by atoms with E-state index in [1.807, 2.05) is 0 Å². The molecule has 0 heterocycles. The summed E-state index contributed by atoms with van der Waals surface area (Å²) in [4.78, 5) is 0.168. The molecule has 0 amide bonds. The van der Waals surface area contributed by atoms with Crippen molar-refractivity contribution in [2.75, 3.05) is 20.2 Å². The van der Waals surface area contributed by atoms with Gasteiger partial charge in [0.2, 0.25) is 10.0 Å². The van der Waals surface area contributed by atoms with Crippen molar-refractivity contribution in [2.45, 2.75) is 4.90 Å². The average Bonchev–Trinajstić information content (AvgIpc) is 2.25. The number of nitrogens with two attached hydrogens (primary N) is 1. The van der Waals surface area contributed by atoms with Crippen molar-refractivity contribution in [2.24, 2.45) is 5.73 Å². The minimum absolute atomic E-state index is 0.168. The Labute approximate surface area is 103 Å². The molecule has 0 saturated carbocycles. The molecule has 0 aromatic heterocycles. The van der Waals surface area contributed by atoms with Crippen molar-refractivity contribution in [1.29, 1.82) is 0 Å². The zero-order valence-corrected chi connectivity index (χ0v) is 11.1. The van der Waals surface area contributed by atoms with Gasteiger partial charge in [-0.15, -0.1) is 0 Å². The van der Waals surface area contributed by atoms with Crippen LogP contribution < -0.4 is 15.2 Å². The van der Waals surface area contributed by atoms with E-state index < -0.39 is 10.0 Å². The Morgan fingerprint density at radius 1 is 1.50 bits per heavy atom. The molecule has 1 rings (SSSR count). The first kappa shape index (κ1) is 13.4. The predicted octanol–water partition coefficient (Wildman–Crippen LogP) is 0.695. The van der Waals surface area contributed by atoms with Crippen molar-refractivity contribution in [3.63, 3.8) is 0 Å². The molecule has 5 nitrogen and oxygen atoms in total. The number of hydrogen-bond donors (Lipinski definition) is 2. The molecule has 0 aliphatic carbocycles. The number of sulfonamides is 1. The molecule has 0 unspecified atom stereocenters. The molecule has 0 aliphatic rings. The van der Waals surface area contributed by atoms with Gasteiger partial charge in [0.15, 0.2) is 0 Å². The van der Waals surface area contributed by atoms with Crippen LogP contribution in [0, 0.1) is 0 Å². The van der Waals surface area contributed by atoms with Gasteiger partial charge in [0.05, 0.1) is 12.0 Å². The summed E-state index contributed by atoms with van der Waals surface area (Å²) in [6.07, 6.45) is 0. The normalized spacial score (nSPS) is 11.4. The summed E-state index contributed by atoms with van der Waals surface area (Å²) in [5.41, 5.74) is 5.24. The molecule has 7 heteroatoms. The van der Waals surface area contributed by atoms with Crippen molar-refractivity contribution >= 4 is 26.0 Å². The third kappa shape index (κ3) is 3.18. The quantitative estimate of drug-likeness (QED) is 0.839. The Bertz CT molecular complexity index is 462. The minimum Gasteiger partial charge on any atom is -0.497 e. The van der Waals surface area contributed by atoms with Crippen LogP contribution in [-0.2, 0) is 10.0 Å².